The van der Waals surface area contributed by atoms with Gasteiger partial charge in [0.1, 0.15) is 28.5 Å². The summed E-state index contributed by atoms with van der Waals surface area (Å²) in [5.41, 5.74) is 7.44. The number of carbonyl (C=O) groups is 1. The number of hydrogen-bond acceptors (Lipinski definition) is 7. The third-order valence-corrected chi connectivity index (χ3v) is 5.70. The Morgan fingerprint density at radius 2 is 1.88 bits per heavy atom. The van der Waals surface area contributed by atoms with E-state index in [1.54, 1.807) is 24.0 Å². The van der Waals surface area contributed by atoms with Gasteiger partial charge in [-0.05, 0) is 37.3 Å². The fourth-order valence-electron chi connectivity index (χ4n) is 3.71. The van der Waals surface area contributed by atoms with E-state index in [0.29, 0.717) is 54.4 Å². The molecule has 2 aromatic carbocycles. The zero-order chi connectivity index (χ0) is 23.0. The molecule has 166 valence electrons. The highest BCUT2D eigenvalue weighted by molar-refractivity contribution is 6.33. The van der Waals surface area contributed by atoms with Crippen LogP contribution in [0.3, 0.4) is 0 Å². The summed E-state index contributed by atoms with van der Waals surface area (Å²) in [5, 5.41) is 15.3. The number of amides is 1. The Balaban J connectivity index is 1.52. The minimum Gasteiger partial charge on any atom is -0.393 e. The highest BCUT2D eigenvalue weighted by Gasteiger charge is 2.29. The van der Waals surface area contributed by atoms with E-state index in [0.717, 1.165) is 0 Å². The number of rotatable bonds is 4. The number of nitrogens with two attached hydrogens (primary N) is 1. The van der Waals surface area contributed by atoms with Crippen LogP contribution in [0.4, 0.5) is 21.5 Å². The molecule has 11 heteroatoms. The van der Waals surface area contributed by atoms with Crippen LogP contribution >= 0.6 is 11.6 Å². The number of carbonyl (C=O) groups excluding carboxylic acids is 1. The highest BCUT2D eigenvalue weighted by Crippen LogP contribution is 2.35. The molecule has 4 rings (SSSR count). The second kappa shape index (κ2) is 8.46. The summed E-state index contributed by atoms with van der Waals surface area (Å²) in [6, 6.07) is 8.40. The van der Waals surface area contributed by atoms with E-state index in [-0.39, 0.29) is 28.1 Å². The quantitative estimate of drug-likeness (QED) is 0.357. The third-order valence-electron chi connectivity index (χ3n) is 5.39. The molecule has 0 bridgehead atoms. The molecule has 9 nitrogen and oxygen atoms in total. The average Bonchev–Trinajstić information content (AvgIpc) is 3.16. The van der Waals surface area contributed by atoms with Crippen molar-refractivity contribution < 1.29 is 18.6 Å². The highest BCUT2D eigenvalue weighted by atomic mass is 35.5. The van der Waals surface area contributed by atoms with E-state index in [1.165, 1.54) is 24.3 Å². The van der Waals surface area contributed by atoms with Crippen molar-refractivity contribution in [2.24, 2.45) is 0 Å². The van der Waals surface area contributed by atoms with Crippen LogP contribution < -0.4 is 10.6 Å². The zero-order valence-corrected chi connectivity index (χ0v) is 17.8. The first kappa shape index (κ1) is 21.6. The first-order chi connectivity index (χ1) is 15.3. The second-order valence-electron chi connectivity index (χ2n) is 7.37. The topological polar surface area (TPSA) is 119 Å². The molecule has 1 fully saturated rings. The number of nitro groups is 1. The van der Waals surface area contributed by atoms with Gasteiger partial charge >= 0.3 is 0 Å². The van der Waals surface area contributed by atoms with Crippen LogP contribution in [-0.4, -0.2) is 47.1 Å². The Morgan fingerprint density at radius 1 is 1.22 bits per heavy atom. The van der Waals surface area contributed by atoms with Gasteiger partial charge < -0.3 is 20.1 Å². The molecule has 0 saturated carbocycles. The SMILES string of the molecule is Cc1onc(-c2ccc(F)cc2)c1C(=O)N1CCN(c2cc(N)c([N+](=O)[O-])cc2Cl)CC1. The molecule has 1 aromatic heterocycles. The van der Waals surface area contributed by atoms with Gasteiger partial charge in [0, 0.05) is 37.8 Å². The van der Waals surface area contributed by atoms with Crippen LogP contribution in [-0.2, 0) is 0 Å². The van der Waals surface area contributed by atoms with Crippen molar-refractivity contribution in [2.45, 2.75) is 6.92 Å². The lowest BCUT2D eigenvalue weighted by Crippen LogP contribution is -2.49. The third kappa shape index (κ3) is 3.96. The maximum atomic E-state index is 13.3. The molecular weight excluding hydrogens is 441 g/mol. The van der Waals surface area contributed by atoms with Crippen LogP contribution in [0.15, 0.2) is 40.9 Å². The van der Waals surface area contributed by atoms with Crippen LogP contribution in [0.25, 0.3) is 11.3 Å². The van der Waals surface area contributed by atoms with Crippen molar-refractivity contribution >= 4 is 34.6 Å². The lowest BCUT2D eigenvalue weighted by Gasteiger charge is -2.36. The number of nitrogens with zero attached hydrogens (tertiary/aromatic N) is 4. The minimum atomic E-state index is -0.582. The fraction of sp³-hybridized carbons (Fsp3) is 0.238. The second-order valence-corrected chi connectivity index (χ2v) is 7.78. The molecule has 1 saturated heterocycles. The fourth-order valence-corrected chi connectivity index (χ4v) is 3.98. The molecule has 1 aliphatic heterocycles. The standard InChI is InChI=1S/C21H19ClFN5O4/c1-12-19(20(25-32-12)13-2-4-14(23)5-3-13)21(29)27-8-6-26(7-9-27)17-11-16(24)18(28(30)31)10-15(17)22/h2-5,10-11H,6-9,24H2,1H3. The Labute approximate surface area is 187 Å². The molecular formula is C21H19ClFN5O4. The lowest BCUT2D eigenvalue weighted by atomic mass is 10.0. The number of hydrogen-bond donors (Lipinski definition) is 1. The van der Waals surface area contributed by atoms with Gasteiger partial charge in [0.25, 0.3) is 11.6 Å². The Bertz CT molecular complexity index is 1190. The molecule has 0 aliphatic carbocycles. The van der Waals surface area contributed by atoms with Crippen molar-refractivity contribution in [1.82, 2.24) is 10.1 Å². The van der Waals surface area contributed by atoms with Crippen LogP contribution in [0.2, 0.25) is 5.02 Å². The lowest BCUT2D eigenvalue weighted by molar-refractivity contribution is -0.383. The van der Waals surface area contributed by atoms with Gasteiger partial charge in [-0.1, -0.05) is 16.8 Å². The van der Waals surface area contributed by atoms with Gasteiger partial charge in [0.05, 0.1) is 15.6 Å². The molecule has 2 heterocycles. The summed E-state index contributed by atoms with van der Waals surface area (Å²) < 4.78 is 18.5. The molecule has 1 amide bonds. The number of anilines is 2. The van der Waals surface area contributed by atoms with Gasteiger partial charge in [-0.25, -0.2) is 4.39 Å². The monoisotopic (exact) mass is 459 g/mol. The smallest absolute Gasteiger partial charge is 0.293 e. The summed E-state index contributed by atoms with van der Waals surface area (Å²) in [7, 11) is 0. The molecule has 2 N–H and O–H groups in total. The molecule has 32 heavy (non-hydrogen) atoms. The summed E-state index contributed by atoms with van der Waals surface area (Å²) >= 11 is 6.25. The van der Waals surface area contributed by atoms with Crippen LogP contribution in [0.5, 0.6) is 0 Å². The van der Waals surface area contributed by atoms with Crippen molar-refractivity contribution in [3.8, 4) is 11.3 Å². The first-order valence-corrected chi connectivity index (χ1v) is 10.1. The van der Waals surface area contributed by atoms with E-state index >= 15 is 0 Å². The zero-order valence-electron chi connectivity index (χ0n) is 17.0. The number of nitrogen functional groups attached to an aromatic ring is 1. The van der Waals surface area contributed by atoms with Crippen molar-refractivity contribution in [3.05, 3.63) is 68.7 Å². The Kier molecular flexibility index (Phi) is 5.70. The maximum Gasteiger partial charge on any atom is 0.293 e. The van der Waals surface area contributed by atoms with Crippen molar-refractivity contribution in [1.29, 1.82) is 0 Å². The predicted octanol–water partition coefficient (Wildman–Crippen LogP) is 3.90. The number of benzene rings is 2. The van der Waals surface area contributed by atoms with E-state index in [4.69, 9.17) is 21.9 Å². The Hall–Kier alpha value is -3.66. The molecule has 0 atom stereocenters. The molecule has 0 spiro atoms. The first-order valence-electron chi connectivity index (χ1n) is 9.76. The minimum absolute atomic E-state index is 0.0249. The molecule has 1 aliphatic rings. The Morgan fingerprint density at radius 3 is 2.50 bits per heavy atom. The number of aryl methyl sites for hydroxylation is 1. The number of aromatic nitrogens is 1. The van der Waals surface area contributed by atoms with Gasteiger partial charge in [0.15, 0.2) is 0 Å². The molecule has 3 aromatic rings. The molecule has 0 radical (unpaired) electrons. The summed E-state index contributed by atoms with van der Waals surface area (Å²) in [6.45, 7) is 3.35. The van der Waals surface area contributed by atoms with Crippen LogP contribution in [0, 0.1) is 22.9 Å². The number of nitro benzene ring substituents is 1. The molecule has 0 unspecified atom stereocenters. The van der Waals surface area contributed by atoms with E-state index in [1.807, 2.05) is 4.90 Å². The summed E-state index contributed by atoms with van der Waals surface area (Å²) in [5.74, 6) is -0.247. The van der Waals surface area contributed by atoms with Gasteiger partial charge in [0.2, 0.25) is 0 Å². The van der Waals surface area contributed by atoms with Crippen LogP contribution in [0.1, 0.15) is 16.1 Å². The van der Waals surface area contributed by atoms with E-state index in [9.17, 15) is 19.3 Å². The average molecular weight is 460 g/mol. The summed E-state index contributed by atoms with van der Waals surface area (Å²) in [4.78, 5) is 27.3. The van der Waals surface area contributed by atoms with E-state index < -0.39 is 4.92 Å². The largest absolute Gasteiger partial charge is 0.393 e. The maximum absolute atomic E-state index is 13.3. The number of halogens is 2. The van der Waals surface area contributed by atoms with Gasteiger partial charge in [-0.2, -0.15) is 0 Å². The van der Waals surface area contributed by atoms with Crippen molar-refractivity contribution in [2.75, 3.05) is 36.8 Å². The van der Waals surface area contributed by atoms with Gasteiger partial charge in [-0.3, -0.25) is 14.9 Å². The summed E-state index contributed by atoms with van der Waals surface area (Å²) in [6.07, 6.45) is 0. The van der Waals surface area contributed by atoms with E-state index in [2.05, 4.69) is 5.16 Å². The van der Waals surface area contributed by atoms with Crippen molar-refractivity contribution in [3.63, 3.8) is 0 Å². The normalized spacial score (nSPS) is 14.0. The predicted molar refractivity (Wildman–Crippen MR) is 117 cm³/mol. The van der Waals surface area contributed by atoms with Gasteiger partial charge in [-0.15, -0.1) is 0 Å². The number of piperazine rings is 1.